The van der Waals surface area contributed by atoms with Gasteiger partial charge < -0.3 is 4.74 Å². The van der Waals surface area contributed by atoms with Gasteiger partial charge in [-0.3, -0.25) is 4.57 Å². The van der Waals surface area contributed by atoms with E-state index in [2.05, 4.69) is 4.98 Å². The van der Waals surface area contributed by atoms with Crippen LogP contribution in [0.1, 0.15) is 0 Å². The molecule has 3 rings (SSSR count). The fraction of sp³-hybridized carbons (Fsp3) is 0.176. The molecule has 0 aliphatic heterocycles. The lowest BCUT2D eigenvalue weighted by atomic mass is 10.1. The number of alkyl halides is 3. The third kappa shape index (κ3) is 3.23. The molecule has 0 bridgehead atoms. The van der Waals surface area contributed by atoms with Gasteiger partial charge in [0, 0.05) is 10.9 Å². The third-order valence-electron chi connectivity index (χ3n) is 3.57. The molecule has 1 heterocycles. The summed E-state index contributed by atoms with van der Waals surface area (Å²) < 4.78 is 32.5. The quantitative estimate of drug-likeness (QED) is 0.670. The van der Waals surface area contributed by atoms with Gasteiger partial charge in [0.2, 0.25) is 0 Å². The Kier molecular flexibility index (Phi) is 4.24. The molecular weight excluding hydrogens is 338 g/mol. The van der Waals surface area contributed by atoms with Crippen molar-refractivity contribution in [2.24, 2.45) is 0 Å². The Morgan fingerprint density at radius 3 is 2.54 bits per heavy atom. The molecular formula is C17H13ClF2N2O2. The van der Waals surface area contributed by atoms with Crippen LogP contribution >= 0.6 is 11.6 Å². The normalized spacial score (nSPS) is 11.7. The van der Waals surface area contributed by atoms with E-state index in [1.807, 2.05) is 18.2 Å². The number of rotatable bonds is 4. The van der Waals surface area contributed by atoms with E-state index in [0.29, 0.717) is 27.9 Å². The third-order valence-corrected chi connectivity index (χ3v) is 3.69. The Bertz CT molecular complexity index is 937. The van der Waals surface area contributed by atoms with Crippen molar-refractivity contribution in [2.75, 3.05) is 7.11 Å². The van der Waals surface area contributed by atoms with E-state index in [9.17, 15) is 13.6 Å². The second-order valence-electron chi connectivity index (χ2n) is 5.19. The van der Waals surface area contributed by atoms with Gasteiger partial charge in [0.25, 0.3) is 0 Å². The molecule has 3 aromatic rings. The first-order valence-electron chi connectivity index (χ1n) is 7.10. The maximum atomic E-state index is 13.2. The van der Waals surface area contributed by atoms with Crippen LogP contribution in [0.5, 0.6) is 5.75 Å². The molecule has 0 radical (unpaired) electrons. The molecule has 2 aromatic carbocycles. The van der Waals surface area contributed by atoms with E-state index in [0.717, 1.165) is 4.57 Å². The van der Waals surface area contributed by atoms with Gasteiger partial charge in [-0.25, -0.2) is 4.79 Å². The number of methoxy groups -OCH3 is 1. The van der Waals surface area contributed by atoms with Crippen LogP contribution < -0.4 is 10.4 Å². The smallest absolute Gasteiger partial charge is 0.348 e. The Hall–Kier alpha value is -2.47. The standard InChI is InChI=1S/C17H13ClF2N2O2/c1-24-12-7-8-14-13(9-12)15(11-5-3-2-4-6-11)21-16(23)22(14)10-17(18,19)20/h2-9H,10H2,1H3. The topological polar surface area (TPSA) is 44.1 Å². The monoisotopic (exact) mass is 350 g/mol. The number of halogens is 3. The Morgan fingerprint density at radius 2 is 1.92 bits per heavy atom. The van der Waals surface area contributed by atoms with Gasteiger partial charge in [-0.05, 0) is 29.8 Å². The van der Waals surface area contributed by atoms with Gasteiger partial charge in [0.05, 0.1) is 18.3 Å². The second kappa shape index (κ2) is 6.20. The zero-order valence-corrected chi connectivity index (χ0v) is 13.4. The van der Waals surface area contributed by atoms with Crippen LogP contribution in [0.25, 0.3) is 22.2 Å². The van der Waals surface area contributed by atoms with Crippen LogP contribution in [-0.2, 0) is 6.54 Å². The van der Waals surface area contributed by atoms with E-state index in [1.165, 1.54) is 7.11 Å². The molecule has 0 fully saturated rings. The van der Waals surface area contributed by atoms with Crippen molar-refractivity contribution in [3.05, 3.63) is 59.0 Å². The van der Waals surface area contributed by atoms with Crippen molar-refractivity contribution in [1.29, 1.82) is 0 Å². The molecule has 0 saturated carbocycles. The van der Waals surface area contributed by atoms with Crippen LogP contribution in [-0.4, -0.2) is 22.0 Å². The predicted molar refractivity (Wildman–Crippen MR) is 88.8 cm³/mol. The van der Waals surface area contributed by atoms with E-state index in [4.69, 9.17) is 16.3 Å². The second-order valence-corrected chi connectivity index (χ2v) is 5.75. The predicted octanol–water partition coefficient (Wildman–Crippen LogP) is 3.90. The largest absolute Gasteiger partial charge is 0.497 e. The molecule has 24 heavy (non-hydrogen) atoms. The van der Waals surface area contributed by atoms with Gasteiger partial charge in [0.15, 0.2) is 0 Å². The lowest BCUT2D eigenvalue weighted by Crippen LogP contribution is -2.30. The summed E-state index contributed by atoms with van der Waals surface area (Å²) in [4.78, 5) is 16.3. The van der Waals surface area contributed by atoms with Gasteiger partial charge in [-0.1, -0.05) is 30.3 Å². The number of hydrogen-bond acceptors (Lipinski definition) is 3. The summed E-state index contributed by atoms with van der Waals surface area (Å²) in [5.74, 6) is 0.532. The summed E-state index contributed by atoms with van der Waals surface area (Å²) in [5.41, 5.74) is 0.642. The lowest BCUT2D eigenvalue weighted by molar-refractivity contribution is 0.0757. The summed E-state index contributed by atoms with van der Waals surface area (Å²) in [6.07, 6.45) is 0. The first-order chi connectivity index (χ1) is 11.4. The highest BCUT2D eigenvalue weighted by Crippen LogP contribution is 2.30. The van der Waals surface area contributed by atoms with E-state index < -0.39 is 17.6 Å². The highest BCUT2D eigenvalue weighted by Gasteiger charge is 2.27. The minimum atomic E-state index is -3.55. The SMILES string of the molecule is COc1ccc2c(c1)c(-c1ccccc1)nc(=O)n2CC(F)(F)Cl. The number of aromatic nitrogens is 2. The van der Waals surface area contributed by atoms with Gasteiger partial charge in [-0.2, -0.15) is 13.8 Å². The van der Waals surface area contributed by atoms with Crippen LogP contribution in [0.4, 0.5) is 8.78 Å². The minimum absolute atomic E-state index is 0.315. The molecule has 0 spiro atoms. The molecule has 0 aliphatic carbocycles. The average molecular weight is 351 g/mol. The molecule has 0 unspecified atom stereocenters. The average Bonchev–Trinajstić information content (AvgIpc) is 2.56. The molecule has 1 aromatic heterocycles. The molecule has 0 saturated heterocycles. The Labute approximate surface area is 141 Å². The summed E-state index contributed by atoms with van der Waals surface area (Å²) in [6, 6.07) is 13.8. The maximum Gasteiger partial charge on any atom is 0.348 e. The van der Waals surface area contributed by atoms with Crippen molar-refractivity contribution in [3.8, 4) is 17.0 Å². The van der Waals surface area contributed by atoms with Crippen molar-refractivity contribution < 1.29 is 13.5 Å². The van der Waals surface area contributed by atoms with Crippen molar-refractivity contribution in [1.82, 2.24) is 9.55 Å². The summed E-state index contributed by atoms with van der Waals surface area (Å²) >= 11 is 5.01. The fourth-order valence-electron chi connectivity index (χ4n) is 2.53. The van der Waals surface area contributed by atoms with Crippen molar-refractivity contribution >= 4 is 22.5 Å². The molecule has 0 atom stereocenters. The van der Waals surface area contributed by atoms with Gasteiger partial charge in [0.1, 0.15) is 12.3 Å². The van der Waals surface area contributed by atoms with Crippen LogP contribution in [0.3, 0.4) is 0 Å². The first kappa shape index (κ1) is 16.4. The highest BCUT2D eigenvalue weighted by atomic mass is 35.5. The number of nitrogens with zero attached hydrogens (tertiary/aromatic N) is 2. The van der Waals surface area contributed by atoms with Gasteiger partial charge in [-0.15, -0.1) is 0 Å². The van der Waals surface area contributed by atoms with Crippen LogP contribution in [0, 0.1) is 0 Å². The number of fused-ring (bicyclic) bond motifs is 1. The van der Waals surface area contributed by atoms with E-state index >= 15 is 0 Å². The van der Waals surface area contributed by atoms with Crippen LogP contribution in [0.2, 0.25) is 0 Å². The number of ether oxygens (including phenoxy) is 1. The summed E-state index contributed by atoms with van der Waals surface area (Å²) in [6.45, 7) is -0.960. The maximum absolute atomic E-state index is 13.2. The Morgan fingerprint density at radius 1 is 1.21 bits per heavy atom. The van der Waals surface area contributed by atoms with E-state index in [-0.39, 0.29) is 0 Å². The highest BCUT2D eigenvalue weighted by molar-refractivity contribution is 6.21. The fourth-order valence-corrected chi connectivity index (χ4v) is 2.65. The molecule has 0 amide bonds. The van der Waals surface area contributed by atoms with Gasteiger partial charge >= 0.3 is 11.1 Å². The lowest BCUT2D eigenvalue weighted by Gasteiger charge is -2.15. The number of hydrogen-bond donors (Lipinski definition) is 0. The van der Waals surface area contributed by atoms with Crippen molar-refractivity contribution in [2.45, 2.75) is 11.9 Å². The van der Waals surface area contributed by atoms with E-state index in [1.54, 1.807) is 30.3 Å². The molecule has 7 heteroatoms. The summed E-state index contributed by atoms with van der Waals surface area (Å²) in [5, 5.41) is -3.02. The first-order valence-corrected chi connectivity index (χ1v) is 7.47. The molecule has 124 valence electrons. The minimum Gasteiger partial charge on any atom is -0.497 e. The molecule has 0 N–H and O–H groups in total. The molecule has 4 nitrogen and oxygen atoms in total. The van der Waals surface area contributed by atoms with Crippen LogP contribution in [0.15, 0.2) is 53.3 Å². The zero-order valence-electron chi connectivity index (χ0n) is 12.7. The van der Waals surface area contributed by atoms with Crippen molar-refractivity contribution in [3.63, 3.8) is 0 Å². The zero-order chi connectivity index (χ0) is 17.3. The number of benzene rings is 2. The molecule has 0 aliphatic rings. The summed E-state index contributed by atoms with van der Waals surface area (Å²) in [7, 11) is 1.50. The Balaban J connectivity index is 2.34.